The van der Waals surface area contributed by atoms with Gasteiger partial charge in [0.25, 0.3) is 0 Å². The van der Waals surface area contributed by atoms with Crippen LogP contribution in [0.25, 0.3) is 0 Å². The van der Waals surface area contributed by atoms with Crippen molar-refractivity contribution in [1.82, 2.24) is 10.2 Å². The van der Waals surface area contributed by atoms with Crippen LogP contribution in [0.2, 0.25) is 0 Å². The first kappa shape index (κ1) is 14.2. The molecular formula is C8H19ClN2O2S. The quantitative estimate of drug-likeness (QED) is 0.722. The summed E-state index contributed by atoms with van der Waals surface area (Å²) in [4.78, 5) is 2.11. The normalized spacial score (nSPS) is 17.6. The van der Waals surface area contributed by atoms with Gasteiger partial charge in [0.1, 0.15) is 0 Å². The topological polar surface area (TPSA) is 49.4 Å². The van der Waals surface area contributed by atoms with Gasteiger partial charge < -0.3 is 5.32 Å². The summed E-state index contributed by atoms with van der Waals surface area (Å²) in [6.07, 6.45) is 0. The molecule has 86 valence electrons. The molecule has 0 bridgehead atoms. The second kappa shape index (κ2) is 5.90. The van der Waals surface area contributed by atoms with Gasteiger partial charge in [-0.2, -0.15) is 0 Å². The van der Waals surface area contributed by atoms with Gasteiger partial charge in [-0.05, 0) is 7.05 Å². The van der Waals surface area contributed by atoms with Crippen molar-refractivity contribution < 1.29 is 8.42 Å². The van der Waals surface area contributed by atoms with E-state index in [1.807, 2.05) is 7.05 Å². The van der Waals surface area contributed by atoms with Gasteiger partial charge in [-0.3, -0.25) is 4.90 Å². The highest BCUT2D eigenvalue weighted by Crippen LogP contribution is 2.02. The fraction of sp³-hybridized carbons (Fsp3) is 1.00. The molecule has 0 atom stereocenters. The van der Waals surface area contributed by atoms with Crippen molar-refractivity contribution in [3.63, 3.8) is 0 Å². The Labute approximate surface area is 92.4 Å². The lowest BCUT2D eigenvalue weighted by Gasteiger charge is -2.35. The average molecular weight is 243 g/mol. The number of nitrogens with zero attached hydrogens (tertiary/aromatic N) is 1. The van der Waals surface area contributed by atoms with E-state index in [0.29, 0.717) is 12.6 Å². The molecule has 1 aliphatic heterocycles. The van der Waals surface area contributed by atoms with E-state index < -0.39 is 9.84 Å². The van der Waals surface area contributed by atoms with Crippen molar-refractivity contribution in [1.29, 1.82) is 0 Å². The number of halogens is 1. The predicted octanol–water partition coefficient (Wildman–Crippen LogP) is -0.253. The van der Waals surface area contributed by atoms with Gasteiger partial charge in [-0.15, -0.1) is 12.4 Å². The van der Waals surface area contributed by atoms with E-state index in [4.69, 9.17) is 0 Å². The van der Waals surface area contributed by atoms with E-state index in [1.54, 1.807) is 6.92 Å². The molecule has 0 aromatic carbocycles. The Bertz CT molecular complexity index is 252. The molecule has 0 radical (unpaired) electrons. The van der Waals surface area contributed by atoms with Crippen LogP contribution in [-0.2, 0) is 9.84 Å². The standard InChI is InChI=1S/C8H18N2O2S.ClH/c1-3-13(11,12)5-4-10(2)8-6-9-7-8;/h8-9H,3-7H2,1-2H3;1H. The van der Waals surface area contributed by atoms with Crippen molar-refractivity contribution in [2.75, 3.05) is 38.2 Å². The molecule has 0 spiro atoms. The molecule has 0 amide bonds. The maximum atomic E-state index is 11.2. The molecule has 1 N–H and O–H groups in total. The molecule has 0 aromatic rings. The van der Waals surface area contributed by atoms with E-state index >= 15 is 0 Å². The molecule has 1 rings (SSSR count). The highest BCUT2D eigenvalue weighted by atomic mass is 35.5. The lowest BCUT2D eigenvalue weighted by atomic mass is 10.1. The molecule has 1 heterocycles. The fourth-order valence-corrected chi connectivity index (χ4v) is 2.05. The second-order valence-corrected chi connectivity index (χ2v) is 6.00. The van der Waals surface area contributed by atoms with Crippen LogP contribution < -0.4 is 5.32 Å². The van der Waals surface area contributed by atoms with Gasteiger partial charge in [0, 0.05) is 31.4 Å². The molecule has 1 aliphatic rings. The van der Waals surface area contributed by atoms with Gasteiger partial charge in [-0.1, -0.05) is 6.92 Å². The SMILES string of the molecule is CCS(=O)(=O)CCN(C)C1CNC1.Cl. The third-order valence-corrected chi connectivity index (χ3v) is 4.26. The highest BCUT2D eigenvalue weighted by molar-refractivity contribution is 7.91. The molecule has 6 heteroatoms. The summed E-state index contributed by atoms with van der Waals surface area (Å²) in [6.45, 7) is 4.33. The summed E-state index contributed by atoms with van der Waals surface area (Å²) in [5.74, 6) is 0.542. The lowest BCUT2D eigenvalue weighted by molar-refractivity contribution is 0.189. The van der Waals surface area contributed by atoms with Crippen LogP contribution in [0.4, 0.5) is 0 Å². The zero-order valence-electron chi connectivity index (χ0n) is 8.69. The van der Waals surface area contributed by atoms with E-state index in [1.165, 1.54) is 0 Å². The highest BCUT2D eigenvalue weighted by Gasteiger charge is 2.22. The summed E-state index contributed by atoms with van der Waals surface area (Å²) in [7, 11) is -0.811. The molecule has 0 saturated carbocycles. The first-order valence-electron chi connectivity index (χ1n) is 4.66. The number of rotatable bonds is 5. The van der Waals surface area contributed by atoms with Crippen molar-refractivity contribution in [3.05, 3.63) is 0 Å². The maximum Gasteiger partial charge on any atom is 0.151 e. The van der Waals surface area contributed by atoms with Crippen LogP contribution in [-0.4, -0.2) is 57.5 Å². The minimum atomic E-state index is -2.79. The van der Waals surface area contributed by atoms with Crippen molar-refractivity contribution >= 4 is 22.2 Å². The minimum Gasteiger partial charge on any atom is -0.314 e. The van der Waals surface area contributed by atoms with E-state index in [9.17, 15) is 8.42 Å². The van der Waals surface area contributed by atoms with Crippen molar-refractivity contribution in [2.45, 2.75) is 13.0 Å². The molecule has 0 aromatic heterocycles. The first-order chi connectivity index (χ1) is 6.05. The van der Waals surface area contributed by atoms with Crippen molar-refractivity contribution in [2.24, 2.45) is 0 Å². The Morgan fingerprint density at radius 1 is 1.43 bits per heavy atom. The number of hydrogen-bond donors (Lipinski definition) is 1. The molecule has 1 saturated heterocycles. The summed E-state index contributed by atoms with van der Waals surface area (Å²) >= 11 is 0. The average Bonchev–Trinajstić information content (AvgIpc) is 1.98. The second-order valence-electron chi connectivity index (χ2n) is 3.53. The van der Waals surface area contributed by atoms with E-state index in [2.05, 4.69) is 10.2 Å². The van der Waals surface area contributed by atoms with Gasteiger partial charge in [0.2, 0.25) is 0 Å². The van der Waals surface area contributed by atoms with Gasteiger partial charge in [0.15, 0.2) is 9.84 Å². The van der Waals surface area contributed by atoms with Crippen LogP contribution >= 0.6 is 12.4 Å². The van der Waals surface area contributed by atoms with Crippen molar-refractivity contribution in [3.8, 4) is 0 Å². The molecule has 14 heavy (non-hydrogen) atoms. The predicted molar refractivity (Wildman–Crippen MR) is 60.9 cm³/mol. The Morgan fingerprint density at radius 2 is 2.00 bits per heavy atom. The van der Waals surface area contributed by atoms with E-state index in [-0.39, 0.29) is 23.9 Å². The minimum absolute atomic E-state index is 0. The van der Waals surface area contributed by atoms with Crippen LogP contribution in [0.5, 0.6) is 0 Å². The lowest BCUT2D eigenvalue weighted by Crippen LogP contribution is -2.56. The molecule has 0 unspecified atom stereocenters. The summed E-state index contributed by atoms with van der Waals surface area (Å²) in [6, 6.07) is 0.534. The zero-order chi connectivity index (χ0) is 9.90. The Hall–Kier alpha value is 0.160. The molecular weight excluding hydrogens is 224 g/mol. The Balaban J connectivity index is 0.00000169. The van der Waals surface area contributed by atoms with Crippen LogP contribution in [0.3, 0.4) is 0 Å². The van der Waals surface area contributed by atoms with Crippen LogP contribution in [0.1, 0.15) is 6.92 Å². The maximum absolute atomic E-state index is 11.2. The molecule has 1 fully saturated rings. The zero-order valence-corrected chi connectivity index (χ0v) is 10.3. The largest absolute Gasteiger partial charge is 0.314 e. The first-order valence-corrected chi connectivity index (χ1v) is 6.48. The molecule has 4 nitrogen and oxygen atoms in total. The number of hydrogen-bond acceptors (Lipinski definition) is 4. The third kappa shape index (κ3) is 4.13. The van der Waals surface area contributed by atoms with Crippen LogP contribution in [0.15, 0.2) is 0 Å². The fourth-order valence-electron chi connectivity index (χ4n) is 1.20. The molecule has 0 aliphatic carbocycles. The Kier molecular flexibility index (Phi) is 5.97. The van der Waals surface area contributed by atoms with Gasteiger partial charge in [0.05, 0.1) is 5.75 Å². The Morgan fingerprint density at radius 3 is 2.36 bits per heavy atom. The summed E-state index contributed by atoms with van der Waals surface area (Å²) in [5, 5.41) is 3.16. The van der Waals surface area contributed by atoms with E-state index in [0.717, 1.165) is 13.1 Å². The number of nitrogens with one attached hydrogen (secondary N) is 1. The summed E-state index contributed by atoms with van der Waals surface area (Å²) in [5.41, 5.74) is 0. The van der Waals surface area contributed by atoms with Gasteiger partial charge in [-0.25, -0.2) is 8.42 Å². The van der Waals surface area contributed by atoms with Crippen LogP contribution in [0, 0.1) is 0 Å². The number of sulfone groups is 1. The summed E-state index contributed by atoms with van der Waals surface area (Å²) < 4.78 is 22.4. The third-order valence-electron chi connectivity index (χ3n) is 2.58. The smallest absolute Gasteiger partial charge is 0.151 e. The monoisotopic (exact) mass is 242 g/mol. The number of likely N-dealkylation sites (N-methyl/N-ethyl adjacent to an activating group) is 1. The van der Waals surface area contributed by atoms with Gasteiger partial charge >= 0.3 is 0 Å².